The van der Waals surface area contributed by atoms with Crippen molar-refractivity contribution in [2.75, 3.05) is 18.8 Å². The Kier molecular flexibility index (Phi) is 3.97. The Morgan fingerprint density at radius 2 is 2.00 bits per heavy atom. The molecule has 0 bridgehead atoms. The molecule has 0 radical (unpaired) electrons. The van der Waals surface area contributed by atoms with E-state index in [0.717, 1.165) is 25.7 Å². The summed E-state index contributed by atoms with van der Waals surface area (Å²) in [6, 6.07) is 0.00778. The standard InChI is InChI=1S/C12H20N2O2S/c1-2-13-11(15)9-5-3-4-6-10(9)14(7-8-17)12(13)16/h9-10,17H,2-8H2,1H3. The van der Waals surface area contributed by atoms with Gasteiger partial charge in [0.25, 0.3) is 0 Å². The van der Waals surface area contributed by atoms with Crippen LogP contribution >= 0.6 is 12.6 Å². The molecule has 4 nitrogen and oxygen atoms in total. The van der Waals surface area contributed by atoms with Crippen LogP contribution in [0.4, 0.5) is 4.79 Å². The van der Waals surface area contributed by atoms with Gasteiger partial charge >= 0.3 is 6.03 Å². The van der Waals surface area contributed by atoms with Crippen LogP contribution in [0.15, 0.2) is 0 Å². The second-order valence-corrected chi connectivity index (χ2v) is 5.19. The molecule has 17 heavy (non-hydrogen) atoms. The van der Waals surface area contributed by atoms with Crippen LogP contribution in [0.3, 0.4) is 0 Å². The summed E-state index contributed by atoms with van der Waals surface area (Å²) in [5.41, 5.74) is 0. The number of fused-ring (bicyclic) bond motifs is 1. The molecule has 0 aromatic carbocycles. The minimum Gasteiger partial charge on any atom is -0.320 e. The number of nitrogens with zero attached hydrogens (tertiary/aromatic N) is 2. The highest BCUT2D eigenvalue weighted by molar-refractivity contribution is 7.80. The zero-order valence-corrected chi connectivity index (χ0v) is 11.2. The first kappa shape index (κ1) is 12.7. The molecule has 1 aliphatic heterocycles. The fraction of sp³-hybridized carbons (Fsp3) is 0.833. The van der Waals surface area contributed by atoms with Crippen LogP contribution in [0.1, 0.15) is 32.6 Å². The van der Waals surface area contributed by atoms with Gasteiger partial charge in [-0.3, -0.25) is 9.69 Å². The average Bonchev–Trinajstić information content (AvgIpc) is 2.35. The van der Waals surface area contributed by atoms with Crippen LogP contribution < -0.4 is 0 Å². The van der Waals surface area contributed by atoms with Crippen LogP contribution in [0.5, 0.6) is 0 Å². The molecule has 3 amide bonds. The van der Waals surface area contributed by atoms with Gasteiger partial charge in [-0.2, -0.15) is 12.6 Å². The van der Waals surface area contributed by atoms with E-state index in [1.54, 1.807) is 0 Å². The van der Waals surface area contributed by atoms with Crippen molar-refractivity contribution in [2.45, 2.75) is 38.6 Å². The fourth-order valence-corrected chi connectivity index (χ4v) is 3.24. The van der Waals surface area contributed by atoms with Crippen molar-refractivity contribution in [2.24, 2.45) is 5.92 Å². The Morgan fingerprint density at radius 3 is 2.65 bits per heavy atom. The molecule has 0 N–H and O–H groups in total. The number of carbonyl (C=O) groups excluding carboxylic acids is 2. The SMILES string of the molecule is CCN1C(=O)C2CCCCC2N(CCS)C1=O. The van der Waals surface area contributed by atoms with E-state index < -0.39 is 0 Å². The summed E-state index contributed by atoms with van der Waals surface area (Å²) in [7, 11) is 0. The third-order valence-corrected chi connectivity index (χ3v) is 4.05. The highest BCUT2D eigenvalue weighted by Crippen LogP contribution is 2.34. The summed E-state index contributed by atoms with van der Waals surface area (Å²) in [6.07, 6.45) is 4.12. The largest absolute Gasteiger partial charge is 0.326 e. The van der Waals surface area contributed by atoms with Crippen molar-refractivity contribution in [3.8, 4) is 0 Å². The summed E-state index contributed by atoms with van der Waals surface area (Å²) in [5, 5.41) is 0. The van der Waals surface area contributed by atoms with Gasteiger partial charge in [-0.25, -0.2) is 4.79 Å². The maximum Gasteiger partial charge on any atom is 0.326 e. The molecule has 1 aliphatic carbocycles. The Morgan fingerprint density at radius 1 is 1.29 bits per heavy atom. The Balaban J connectivity index is 2.24. The lowest BCUT2D eigenvalue weighted by Gasteiger charge is -2.46. The number of hydrogen-bond acceptors (Lipinski definition) is 3. The average molecular weight is 256 g/mol. The lowest BCUT2D eigenvalue weighted by molar-refractivity contribution is -0.140. The smallest absolute Gasteiger partial charge is 0.320 e. The molecular weight excluding hydrogens is 236 g/mol. The van der Waals surface area contributed by atoms with Crippen molar-refractivity contribution < 1.29 is 9.59 Å². The number of imide groups is 1. The maximum absolute atomic E-state index is 12.2. The first-order valence-electron chi connectivity index (χ1n) is 6.43. The molecule has 0 aromatic heterocycles. The van der Waals surface area contributed by atoms with Gasteiger partial charge in [0.2, 0.25) is 5.91 Å². The van der Waals surface area contributed by atoms with E-state index in [0.29, 0.717) is 18.8 Å². The molecule has 96 valence electrons. The number of urea groups is 1. The number of carbonyl (C=O) groups is 2. The molecule has 2 unspecified atom stereocenters. The Bertz CT molecular complexity index is 322. The molecule has 2 aliphatic rings. The van der Waals surface area contributed by atoms with Gasteiger partial charge in [-0.1, -0.05) is 12.8 Å². The summed E-state index contributed by atoms with van der Waals surface area (Å²) >= 11 is 4.21. The van der Waals surface area contributed by atoms with Gasteiger partial charge in [-0.15, -0.1) is 0 Å². The molecular formula is C12H20N2O2S. The Labute approximate surface area is 108 Å². The van der Waals surface area contributed by atoms with Gasteiger partial charge < -0.3 is 4.90 Å². The highest BCUT2D eigenvalue weighted by Gasteiger charge is 2.45. The minimum atomic E-state index is -0.116. The first-order valence-corrected chi connectivity index (χ1v) is 7.06. The minimum absolute atomic E-state index is 0.0290. The number of hydrogen-bond donors (Lipinski definition) is 1. The van der Waals surface area contributed by atoms with E-state index in [4.69, 9.17) is 0 Å². The molecule has 0 spiro atoms. The quantitative estimate of drug-likeness (QED) is 0.782. The third kappa shape index (κ3) is 2.17. The van der Waals surface area contributed by atoms with E-state index >= 15 is 0 Å². The topological polar surface area (TPSA) is 40.6 Å². The number of rotatable bonds is 3. The van der Waals surface area contributed by atoms with Crippen molar-refractivity contribution >= 4 is 24.6 Å². The molecule has 0 aromatic rings. The Hall–Kier alpha value is -0.710. The van der Waals surface area contributed by atoms with E-state index in [-0.39, 0.29) is 23.9 Å². The van der Waals surface area contributed by atoms with Gasteiger partial charge in [0, 0.05) is 24.9 Å². The van der Waals surface area contributed by atoms with Crippen molar-refractivity contribution in [3.63, 3.8) is 0 Å². The normalized spacial score (nSPS) is 29.5. The summed E-state index contributed by atoms with van der Waals surface area (Å²) in [5.74, 6) is 0.722. The lowest BCUT2D eigenvalue weighted by atomic mass is 9.81. The molecule has 2 fully saturated rings. The maximum atomic E-state index is 12.2. The van der Waals surface area contributed by atoms with E-state index in [1.165, 1.54) is 4.90 Å². The van der Waals surface area contributed by atoms with Crippen molar-refractivity contribution in [1.82, 2.24) is 9.80 Å². The van der Waals surface area contributed by atoms with E-state index in [9.17, 15) is 9.59 Å². The van der Waals surface area contributed by atoms with Crippen molar-refractivity contribution in [1.29, 1.82) is 0 Å². The van der Waals surface area contributed by atoms with E-state index in [2.05, 4.69) is 12.6 Å². The molecule has 1 saturated carbocycles. The van der Waals surface area contributed by atoms with Gasteiger partial charge in [-0.05, 0) is 19.8 Å². The van der Waals surface area contributed by atoms with Crippen LogP contribution in [-0.4, -0.2) is 46.6 Å². The monoisotopic (exact) mass is 256 g/mol. The first-order chi connectivity index (χ1) is 8.20. The zero-order valence-electron chi connectivity index (χ0n) is 10.3. The fourth-order valence-electron chi connectivity index (χ4n) is 3.02. The molecule has 1 heterocycles. The van der Waals surface area contributed by atoms with Crippen LogP contribution in [-0.2, 0) is 4.79 Å². The second-order valence-electron chi connectivity index (χ2n) is 4.74. The van der Waals surface area contributed by atoms with Gasteiger partial charge in [0.05, 0.1) is 5.92 Å². The number of thiol groups is 1. The summed E-state index contributed by atoms with van der Waals surface area (Å²) in [4.78, 5) is 27.7. The van der Waals surface area contributed by atoms with Crippen LogP contribution in [0.2, 0.25) is 0 Å². The lowest BCUT2D eigenvalue weighted by Crippen LogP contribution is -2.62. The number of amides is 3. The van der Waals surface area contributed by atoms with Crippen LogP contribution in [0.25, 0.3) is 0 Å². The third-order valence-electron chi connectivity index (χ3n) is 3.85. The highest BCUT2D eigenvalue weighted by atomic mass is 32.1. The molecule has 2 atom stereocenters. The zero-order chi connectivity index (χ0) is 12.4. The summed E-state index contributed by atoms with van der Waals surface area (Å²) in [6.45, 7) is 2.98. The van der Waals surface area contributed by atoms with Crippen LogP contribution in [0, 0.1) is 5.92 Å². The van der Waals surface area contributed by atoms with Crippen molar-refractivity contribution in [3.05, 3.63) is 0 Å². The predicted octanol–water partition coefficient (Wildman–Crippen LogP) is 1.76. The predicted molar refractivity (Wildman–Crippen MR) is 69.1 cm³/mol. The second kappa shape index (κ2) is 5.29. The molecule has 5 heteroatoms. The summed E-state index contributed by atoms with van der Waals surface area (Å²) < 4.78 is 0. The van der Waals surface area contributed by atoms with Gasteiger partial charge in [0.1, 0.15) is 0 Å². The molecule has 1 saturated heterocycles. The van der Waals surface area contributed by atoms with Gasteiger partial charge in [0.15, 0.2) is 0 Å². The van der Waals surface area contributed by atoms with E-state index in [1.807, 2.05) is 11.8 Å². The molecule has 2 rings (SSSR count).